The number of thiocarbonyl (C=S) groups is 1. The van der Waals surface area contributed by atoms with Gasteiger partial charge in [0.15, 0.2) is 0 Å². The highest BCUT2D eigenvalue weighted by Gasteiger charge is 2.18. The third-order valence-corrected chi connectivity index (χ3v) is 4.98. The molecule has 1 aliphatic rings. The van der Waals surface area contributed by atoms with Crippen LogP contribution in [0.2, 0.25) is 0 Å². The van der Waals surface area contributed by atoms with Crippen molar-refractivity contribution >= 4 is 17.2 Å². The monoisotopic (exact) mass is 343 g/mol. The molecule has 126 valence electrons. The van der Waals surface area contributed by atoms with E-state index in [0.29, 0.717) is 6.61 Å². The molecule has 1 heterocycles. The first kappa shape index (κ1) is 16.9. The smallest absolute Gasteiger partial charge is 0.123 e. The summed E-state index contributed by atoms with van der Waals surface area (Å²) >= 11 is 5.63. The number of halogens is 1. The van der Waals surface area contributed by atoms with Crippen molar-refractivity contribution in [1.29, 1.82) is 0 Å². The fourth-order valence-corrected chi connectivity index (χ4v) is 3.15. The van der Waals surface area contributed by atoms with Gasteiger partial charge in [0.05, 0.1) is 0 Å². The molecule has 0 unspecified atom stereocenters. The van der Waals surface area contributed by atoms with Gasteiger partial charge in [0.1, 0.15) is 23.2 Å². The van der Waals surface area contributed by atoms with Crippen molar-refractivity contribution in [3.8, 4) is 5.75 Å². The molecule has 2 aromatic rings. The molecule has 0 aromatic heterocycles. The second kappa shape index (κ2) is 7.75. The van der Waals surface area contributed by atoms with Gasteiger partial charge < -0.3 is 9.64 Å². The van der Waals surface area contributed by atoms with Crippen molar-refractivity contribution in [1.82, 2.24) is 4.90 Å². The van der Waals surface area contributed by atoms with Crippen molar-refractivity contribution in [2.75, 3.05) is 13.1 Å². The van der Waals surface area contributed by atoms with Crippen LogP contribution in [-0.2, 0) is 6.61 Å². The Labute approximate surface area is 148 Å². The van der Waals surface area contributed by atoms with Crippen LogP contribution in [0.1, 0.15) is 30.9 Å². The molecular formula is C20H22FNOS. The summed E-state index contributed by atoms with van der Waals surface area (Å²) < 4.78 is 18.6. The molecule has 0 aliphatic carbocycles. The molecule has 0 N–H and O–H groups in total. The van der Waals surface area contributed by atoms with E-state index in [1.807, 2.05) is 24.3 Å². The SMILES string of the molecule is CC1CCN(C(=S)c2ccc(OCc3ccc(F)cc3)cc2)CC1. The maximum absolute atomic E-state index is 12.9. The standard InChI is InChI=1S/C20H22FNOS/c1-15-10-12-22(13-11-15)20(24)17-4-8-19(9-5-17)23-14-16-2-6-18(21)7-3-16/h2-9,15H,10-14H2,1H3. The molecule has 3 rings (SSSR count). The Balaban J connectivity index is 1.56. The molecule has 0 atom stereocenters. The lowest BCUT2D eigenvalue weighted by molar-refractivity contribution is 0.284. The minimum Gasteiger partial charge on any atom is -0.489 e. The largest absolute Gasteiger partial charge is 0.489 e. The fraction of sp³-hybridized carbons (Fsp3) is 0.350. The summed E-state index contributed by atoms with van der Waals surface area (Å²) in [6.07, 6.45) is 2.41. The van der Waals surface area contributed by atoms with E-state index in [-0.39, 0.29) is 5.82 Å². The maximum atomic E-state index is 12.9. The van der Waals surface area contributed by atoms with Crippen molar-refractivity contribution in [2.24, 2.45) is 5.92 Å². The van der Waals surface area contributed by atoms with Gasteiger partial charge in [-0.15, -0.1) is 0 Å². The maximum Gasteiger partial charge on any atom is 0.123 e. The minimum atomic E-state index is -0.233. The molecule has 0 saturated carbocycles. The van der Waals surface area contributed by atoms with Crippen LogP contribution in [0.5, 0.6) is 5.75 Å². The highest BCUT2D eigenvalue weighted by atomic mass is 32.1. The molecule has 1 fully saturated rings. The minimum absolute atomic E-state index is 0.233. The Bertz CT molecular complexity index is 676. The van der Waals surface area contributed by atoms with Crippen molar-refractivity contribution in [2.45, 2.75) is 26.4 Å². The topological polar surface area (TPSA) is 12.5 Å². The van der Waals surface area contributed by atoms with Crippen LogP contribution < -0.4 is 4.74 Å². The number of rotatable bonds is 4. The predicted molar refractivity (Wildman–Crippen MR) is 98.8 cm³/mol. The highest BCUT2D eigenvalue weighted by Crippen LogP contribution is 2.20. The van der Waals surface area contributed by atoms with Crippen LogP contribution in [-0.4, -0.2) is 23.0 Å². The number of ether oxygens (including phenoxy) is 1. The number of hydrogen-bond acceptors (Lipinski definition) is 2. The van der Waals surface area contributed by atoms with Gasteiger partial charge in [0.25, 0.3) is 0 Å². The zero-order valence-electron chi connectivity index (χ0n) is 13.9. The molecule has 0 spiro atoms. The van der Waals surface area contributed by atoms with E-state index in [2.05, 4.69) is 11.8 Å². The first-order chi connectivity index (χ1) is 11.6. The molecule has 1 saturated heterocycles. The molecule has 2 aromatic carbocycles. The van der Waals surface area contributed by atoms with Crippen LogP contribution in [0.25, 0.3) is 0 Å². The Morgan fingerprint density at radius 2 is 1.71 bits per heavy atom. The van der Waals surface area contributed by atoms with Gasteiger partial charge >= 0.3 is 0 Å². The van der Waals surface area contributed by atoms with Crippen LogP contribution in [0.15, 0.2) is 48.5 Å². The summed E-state index contributed by atoms with van der Waals surface area (Å²) in [7, 11) is 0. The number of benzene rings is 2. The normalized spacial score (nSPS) is 15.3. The van der Waals surface area contributed by atoms with Gasteiger partial charge in [-0.1, -0.05) is 31.3 Å². The van der Waals surface area contributed by atoms with Gasteiger partial charge in [-0.05, 0) is 60.7 Å². The molecule has 1 aliphatic heterocycles. The average Bonchev–Trinajstić information content (AvgIpc) is 2.62. The second-order valence-corrected chi connectivity index (χ2v) is 6.80. The fourth-order valence-electron chi connectivity index (χ4n) is 2.84. The Morgan fingerprint density at radius 3 is 2.33 bits per heavy atom. The number of likely N-dealkylation sites (tertiary alicyclic amines) is 1. The van der Waals surface area contributed by atoms with Crippen LogP contribution in [0.3, 0.4) is 0 Å². The van der Waals surface area contributed by atoms with E-state index in [1.165, 1.54) is 25.0 Å². The van der Waals surface area contributed by atoms with Crippen LogP contribution >= 0.6 is 12.2 Å². The van der Waals surface area contributed by atoms with Gasteiger partial charge in [-0.2, -0.15) is 0 Å². The Kier molecular flexibility index (Phi) is 5.46. The van der Waals surface area contributed by atoms with E-state index in [9.17, 15) is 4.39 Å². The van der Waals surface area contributed by atoms with Crippen molar-refractivity contribution < 1.29 is 9.13 Å². The summed E-state index contributed by atoms with van der Waals surface area (Å²) in [5.41, 5.74) is 2.01. The summed E-state index contributed by atoms with van der Waals surface area (Å²) in [6, 6.07) is 14.3. The molecule has 4 heteroatoms. The number of hydrogen-bond donors (Lipinski definition) is 0. The summed E-state index contributed by atoms with van der Waals surface area (Å²) in [4.78, 5) is 3.22. The van der Waals surface area contributed by atoms with Crippen molar-refractivity contribution in [3.63, 3.8) is 0 Å². The van der Waals surface area contributed by atoms with Gasteiger partial charge in [0.2, 0.25) is 0 Å². The molecule has 0 amide bonds. The Morgan fingerprint density at radius 1 is 1.08 bits per heavy atom. The van der Waals surface area contributed by atoms with E-state index >= 15 is 0 Å². The zero-order valence-corrected chi connectivity index (χ0v) is 14.7. The van der Waals surface area contributed by atoms with Crippen LogP contribution in [0, 0.1) is 11.7 Å². The molecule has 0 radical (unpaired) electrons. The summed E-state index contributed by atoms with van der Waals surface area (Å²) in [5, 5.41) is 0. The molecule has 2 nitrogen and oxygen atoms in total. The lowest BCUT2D eigenvalue weighted by Crippen LogP contribution is -2.37. The highest BCUT2D eigenvalue weighted by molar-refractivity contribution is 7.80. The van der Waals surface area contributed by atoms with E-state index in [4.69, 9.17) is 17.0 Å². The number of piperidine rings is 1. The molecule has 0 bridgehead atoms. The van der Waals surface area contributed by atoms with Gasteiger partial charge in [0, 0.05) is 18.7 Å². The van der Waals surface area contributed by atoms with E-state index in [1.54, 1.807) is 12.1 Å². The first-order valence-corrected chi connectivity index (χ1v) is 8.79. The first-order valence-electron chi connectivity index (χ1n) is 8.38. The summed E-state index contributed by atoms with van der Waals surface area (Å²) in [6.45, 7) is 4.81. The molecular weight excluding hydrogens is 321 g/mol. The van der Waals surface area contributed by atoms with Crippen molar-refractivity contribution in [3.05, 3.63) is 65.5 Å². The second-order valence-electron chi connectivity index (χ2n) is 6.41. The number of nitrogens with zero attached hydrogens (tertiary/aromatic N) is 1. The summed E-state index contributed by atoms with van der Waals surface area (Å²) in [5.74, 6) is 1.35. The Hall–Kier alpha value is -1.94. The van der Waals surface area contributed by atoms with E-state index < -0.39 is 0 Å². The third-order valence-electron chi connectivity index (χ3n) is 4.49. The third kappa shape index (κ3) is 4.32. The average molecular weight is 343 g/mol. The lowest BCUT2D eigenvalue weighted by atomic mass is 9.99. The quantitative estimate of drug-likeness (QED) is 0.739. The van der Waals surface area contributed by atoms with Crippen LogP contribution in [0.4, 0.5) is 4.39 Å². The van der Waals surface area contributed by atoms with Gasteiger partial charge in [-0.3, -0.25) is 0 Å². The predicted octanol–water partition coefficient (Wildman–Crippen LogP) is 4.81. The zero-order chi connectivity index (χ0) is 16.9. The lowest BCUT2D eigenvalue weighted by Gasteiger charge is -2.32. The van der Waals surface area contributed by atoms with Gasteiger partial charge in [-0.25, -0.2) is 4.39 Å². The van der Waals surface area contributed by atoms with E-state index in [0.717, 1.165) is 40.9 Å². The molecule has 24 heavy (non-hydrogen) atoms.